The van der Waals surface area contributed by atoms with E-state index in [1.165, 1.54) is 16.2 Å². The number of β-amino-alcohol motifs (C(OH)–C–C–N with tert-alkyl or cyclic N) is 1. The highest BCUT2D eigenvalue weighted by molar-refractivity contribution is 7.11. The molecular formula is C27H37FN4O4S. The Morgan fingerprint density at radius 2 is 2.03 bits per heavy atom. The van der Waals surface area contributed by atoms with Gasteiger partial charge >= 0.3 is 0 Å². The molecule has 1 aliphatic carbocycles. The van der Waals surface area contributed by atoms with Crippen LogP contribution in [0.2, 0.25) is 0 Å². The molecule has 37 heavy (non-hydrogen) atoms. The summed E-state index contributed by atoms with van der Waals surface area (Å²) in [6.07, 6.45) is 5.05. The van der Waals surface area contributed by atoms with Crippen LogP contribution in [0, 0.1) is 12.3 Å². The summed E-state index contributed by atoms with van der Waals surface area (Å²) in [5.74, 6) is -1.71. The summed E-state index contributed by atoms with van der Waals surface area (Å²) in [6.45, 7) is 13.2. The number of aromatic nitrogens is 1. The number of nitrogens with zero attached hydrogens (tertiary/aromatic N) is 2. The van der Waals surface area contributed by atoms with Crippen LogP contribution >= 0.6 is 11.3 Å². The lowest BCUT2D eigenvalue weighted by atomic mass is 9.85. The van der Waals surface area contributed by atoms with Crippen LogP contribution < -0.4 is 10.6 Å². The molecule has 202 valence electrons. The number of aryl methyl sites for hydroxylation is 1. The van der Waals surface area contributed by atoms with Crippen LogP contribution in [0.1, 0.15) is 57.5 Å². The first-order chi connectivity index (χ1) is 17.3. The molecule has 3 rings (SSSR count). The van der Waals surface area contributed by atoms with Gasteiger partial charge in [-0.2, -0.15) is 0 Å². The molecule has 2 heterocycles. The van der Waals surface area contributed by atoms with Gasteiger partial charge in [-0.25, -0.2) is 9.37 Å². The van der Waals surface area contributed by atoms with Gasteiger partial charge in [0.25, 0.3) is 5.91 Å². The second-order valence-electron chi connectivity index (χ2n) is 11.0. The number of halogens is 1. The summed E-state index contributed by atoms with van der Waals surface area (Å²) in [6, 6.07) is -1.93. The molecule has 2 fully saturated rings. The van der Waals surface area contributed by atoms with Crippen molar-refractivity contribution in [3.63, 3.8) is 0 Å². The third-order valence-electron chi connectivity index (χ3n) is 6.67. The van der Waals surface area contributed by atoms with Gasteiger partial charge in [0.15, 0.2) is 5.67 Å². The number of aliphatic hydroxyl groups is 1. The highest BCUT2D eigenvalue weighted by atomic mass is 32.1. The molecule has 8 nitrogen and oxygen atoms in total. The van der Waals surface area contributed by atoms with Crippen molar-refractivity contribution in [1.82, 2.24) is 20.5 Å². The summed E-state index contributed by atoms with van der Waals surface area (Å²) < 4.78 is 14.3. The zero-order chi connectivity index (χ0) is 27.5. The molecule has 2 aliphatic rings. The number of alkyl halides is 1. The van der Waals surface area contributed by atoms with Crippen LogP contribution in [0.5, 0.6) is 0 Å². The molecule has 0 spiro atoms. The van der Waals surface area contributed by atoms with E-state index in [1.54, 1.807) is 32.4 Å². The second-order valence-corrected chi connectivity index (χ2v) is 11.8. The quantitative estimate of drug-likeness (QED) is 0.423. The molecular weight excluding hydrogens is 495 g/mol. The molecule has 1 aliphatic heterocycles. The Morgan fingerprint density at radius 1 is 1.35 bits per heavy atom. The summed E-state index contributed by atoms with van der Waals surface area (Å²) in [5, 5.41) is 15.7. The number of thiazole rings is 1. The van der Waals surface area contributed by atoms with Gasteiger partial charge < -0.3 is 20.6 Å². The number of likely N-dealkylation sites (tertiary alicyclic amines) is 1. The van der Waals surface area contributed by atoms with Crippen LogP contribution in [0.4, 0.5) is 4.39 Å². The minimum absolute atomic E-state index is 0.0331. The van der Waals surface area contributed by atoms with Crippen molar-refractivity contribution >= 4 is 34.6 Å². The van der Waals surface area contributed by atoms with E-state index >= 15 is 0 Å². The van der Waals surface area contributed by atoms with E-state index < -0.39 is 47.0 Å². The molecule has 1 saturated heterocycles. The summed E-state index contributed by atoms with van der Waals surface area (Å²) in [4.78, 5) is 45.5. The van der Waals surface area contributed by atoms with Crippen LogP contribution in [-0.4, -0.2) is 69.7 Å². The molecule has 1 aromatic rings. The van der Waals surface area contributed by atoms with Gasteiger partial charge in [0.1, 0.15) is 12.1 Å². The molecule has 3 unspecified atom stereocenters. The third kappa shape index (κ3) is 6.93. The van der Waals surface area contributed by atoms with E-state index in [1.807, 2.05) is 26.0 Å². The number of carbonyl (C=O) groups is 3. The fourth-order valence-corrected chi connectivity index (χ4v) is 5.00. The van der Waals surface area contributed by atoms with E-state index in [4.69, 9.17) is 0 Å². The lowest BCUT2D eigenvalue weighted by Crippen LogP contribution is -2.59. The molecule has 0 radical (unpaired) electrons. The maximum absolute atomic E-state index is 14.3. The highest BCUT2D eigenvalue weighted by Gasteiger charge is 2.53. The van der Waals surface area contributed by atoms with Crippen molar-refractivity contribution in [2.45, 2.75) is 77.7 Å². The Bertz CT molecular complexity index is 1120. The van der Waals surface area contributed by atoms with Crippen molar-refractivity contribution < 1.29 is 23.9 Å². The van der Waals surface area contributed by atoms with Gasteiger partial charge in [-0.1, -0.05) is 51.2 Å². The zero-order valence-corrected chi connectivity index (χ0v) is 23.0. The van der Waals surface area contributed by atoms with Gasteiger partial charge in [-0.05, 0) is 37.7 Å². The lowest BCUT2D eigenvalue weighted by molar-refractivity contribution is -0.144. The summed E-state index contributed by atoms with van der Waals surface area (Å²) >= 11 is 1.53. The molecule has 1 aromatic heterocycles. The van der Waals surface area contributed by atoms with Crippen LogP contribution in [0.3, 0.4) is 0 Å². The first kappa shape index (κ1) is 28.7. The monoisotopic (exact) mass is 532 g/mol. The van der Waals surface area contributed by atoms with Crippen molar-refractivity contribution in [2.24, 2.45) is 5.41 Å². The largest absolute Gasteiger partial charge is 0.391 e. The number of nitrogens with one attached hydrogen (secondary N) is 2. The van der Waals surface area contributed by atoms with E-state index in [2.05, 4.69) is 22.2 Å². The zero-order valence-electron chi connectivity index (χ0n) is 22.1. The Hall–Kier alpha value is -2.85. The predicted molar refractivity (Wildman–Crippen MR) is 142 cm³/mol. The second kappa shape index (κ2) is 11.3. The highest BCUT2D eigenvalue weighted by Crippen LogP contribution is 2.40. The molecule has 0 aromatic carbocycles. The van der Waals surface area contributed by atoms with E-state index in [0.29, 0.717) is 0 Å². The Labute approximate surface area is 221 Å². The Kier molecular flexibility index (Phi) is 8.74. The normalized spacial score (nSPS) is 22.4. The fourth-order valence-electron chi connectivity index (χ4n) is 4.17. The van der Waals surface area contributed by atoms with Crippen LogP contribution in [0.15, 0.2) is 35.9 Å². The van der Waals surface area contributed by atoms with Crippen molar-refractivity contribution in [2.75, 3.05) is 13.1 Å². The number of amides is 3. The van der Waals surface area contributed by atoms with Crippen LogP contribution in [0.25, 0.3) is 5.57 Å². The lowest BCUT2D eigenvalue weighted by Gasteiger charge is -2.35. The smallest absolute Gasteiger partial charge is 0.258 e. The number of carbonyl (C=O) groups excluding carboxylic acids is 3. The van der Waals surface area contributed by atoms with Crippen molar-refractivity contribution in [1.29, 1.82) is 0 Å². The van der Waals surface area contributed by atoms with Gasteiger partial charge in [-0.15, -0.1) is 11.3 Å². The number of hydrogen-bond donors (Lipinski definition) is 3. The van der Waals surface area contributed by atoms with Crippen molar-refractivity contribution in [3.8, 4) is 0 Å². The number of hydrogen-bond acceptors (Lipinski definition) is 6. The fraction of sp³-hybridized carbons (Fsp3) is 0.556. The average molecular weight is 533 g/mol. The molecule has 1 saturated carbocycles. The standard InChI is InChI=1S/C27H37FN4O4S/c1-7-18(21-17(3)30-15-37-21)9-8-16(2)13-29-23(34)20-12-19(33)14-32(20)24(35)22(26(4,5)6)31-25(36)27(28)10-11-27/h7-9,15,19-20,22,33H,1,10-14H2,2-6H3,(H,29,34)(H,31,36)/b16-8+,18-9+. The molecule has 3 amide bonds. The van der Waals surface area contributed by atoms with Gasteiger partial charge in [0.05, 0.1) is 22.2 Å². The maximum atomic E-state index is 14.3. The predicted octanol–water partition coefficient (Wildman–Crippen LogP) is 3.08. The average Bonchev–Trinajstić information content (AvgIpc) is 3.24. The topological polar surface area (TPSA) is 112 Å². The Morgan fingerprint density at radius 3 is 2.57 bits per heavy atom. The van der Waals surface area contributed by atoms with Gasteiger partial charge in [0.2, 0.25) is 11.8 Å². The van der Waals surface area contributed by atoms with Crippen molar-refractivity contribution in [3.05, 3.63) is 46.5 Å². The minimum Gasteiger partial charge on any atom is -0.391 e. The number of allylic oxidation sites excluding steroid dienone is 4. The molecule has 3 N–H and O–H groups in total. The number of rotatable bonds is 9. The first-order valence-electron chi connectivity index (χ1n) is 12.4. The molecule has 10 heteroatoms. The SMILES string of the molecule is C=C/C(=C\C=C(/C)CNC(=O)C1CC(O)CN1C(=O)C(NC(=O)C1(F)CC1)C(C)(C)C)c1scnc1C. The number of aliphatic hydroxyl groups excluding tert-OH is 1. The molecule has 3 atom stereocenters. The van der Waals surface area contributed by atoms with Gasteiger partial charge in [0, 0.05) is 19.5 Å². The van der Waals surface area contributed by atoms with E-state index in [-0.39, 0.29) is 32.4 Å². The Balaban J connectivity index is 1.68. The molecule has 0 bridgehead atoms. The minimum atomic E-state index is -1.92. The van der Waals surface area contributed by atoms with E-state index in [0.717, 1.165) is 21.7 Å². The van der Waals surface area contributed by atoms with E-state index in [9.17, 15) is 23.9 Å². The first-order valence-corrected chi connectivity index (χ1v) is 13.3. The maximum Gasteiger partial charge on any atom is 0.258 e. The summed E-state index contributed by atoms with van der Waals surface area (Å²) in [7, 11) is 0. The van der Waals surface area contributed by atoms with Crippen LogP contribution in [-0.2, 0) is 14.4 Å². The third-order valence-corrected chi connectivity index (χ3v) is 7.64. The van der Waals surface area contributed by atoms with Gasteiger partial charge in [-0.3, -0.25) is 14.4 Å². The summed E-state index contributed by atoms with van der Waals surface area (Å²) in [5.41, 5.74) is 1.86.